The highest BCUT2D eigenvalue weighted by atomic mass is 16.2. The molecule has 8 nitrogen and oxygen atoms in total. The third-order valence-corrected chi connectivity index (χ3v) is 7.51. The number of allylic oxidation sites excluding steroid dienone is 3. The highest BCUT2D eigenvalue weighted by Crippen LogP contribution is 2.20. The van der Waals surface area contributed by atoms with Gasteiger partial charge >= 0.3 is 0 Å². The maximum Gasteiger partial charge on any atom is 0.278 e. The lowest BCUT2D eigenvalue weighted by molar-refractivity contribution is -0.113. The first-order valence-corrected chi connectivity index (χ1v) is 15.5. The number of hydrogen-bond donors (Lipinski definition) is 2. The maximum atomic E-state index is 13.4. The number of hydrogen-bond acceptors (Lipinski definition) is 5. The number of nitrogens with zero attached hydrogens (tertiary/aromatic N) is 4. The molecule has 3 aromatic rings. The van der Waals surface area contributed by atoms with Gasteiger partial charge in [0.2, 0.25) is 5.95 Å². The van der Waals surface area contributed by atoms with Crippen LogP contribution in [0.25, 0.3) is 11.0 Å². The van der Waals surface area contributed by atoms with Crippen LogP contribution < -0.4 is 11.1 Å². The summed E-state index contributed by atoms with van der Waals surface area (Å²) in [6.45, 7) is 11.6. The molecule has 8 heteroatoms. The zero-order chi connectivity index (χ0) is 31.4. The summed E-state index contributed by atoms with van der Waals surface area (Å²) in [5.41, 5.74) is 11.4. The quantitative estimate of drug-likeness (QED) is 0.110. The molecule has 0 bridgehead atoms. The number of benzene rings is 2. The van der Waals surface area contributed by atoms with Crippen molar-refractivity contribution in [1.29, 1.82) is 0 Å². The average molecular weight is 585 g/mol. The van der Waals surface area contributed by atoms with Gasteiger partial charge in [-0.05, 0) is 63.5 Å². The Hall–Kier alpha value is -4.20. The highest BCUT2D eigenvalue weighted by Gasteiger charge is 2.18. The Morgan fingerprint density at radius 1 is 0.930 bits per heavy atom. The molecular weight excluding hydrogens is 536 g/mol. The fraction of sp³-hybridized carbons (Fsp3) is 0.429. The number of imidazole rings is 1. The molecule has 0 aliphatic carbocycles. The van der Waals surface area contributed by atoms with Crippen molar-refractivity contribution < 1.29 is 9.59 Å². The molecule has 3 rings (SSSR count). The number of para-hydroxylation sites is 2. The molecule has 0 atom stereocenters. The summed E-state index contributed by atoms with van der Waals surface area (Å²) in [7, 11) is 1.85. The highest BCUT2D eigenvalue weighted by molar-refractivity contribution is 6.13. The number of carbonyl (C=O) groups is 2. The van der Waals surface area contributed by atoms with Crippen LogP contribution in [0.3, 0.4) is 0 Å². The second-order valence-electron chi connectivity index (χ2n) is 11.1. The third-order valence-electron chi connectivity index (χ3n) is 7.51. The van der Waals surface area contributed by atoms with Gasteiger partial charge in [-0.2, -0.15) is 0 Å². The van der Waals surface area contributed by atoms with E-state index in [0.29, 0.717) is 17.2 Å². The summed E-state index contributed by atoms with van der Waals surface area (Å²) in [4.78, 5) is 38.1. The van der Waals surface area contributed by atoms with Crippen molar-refractivity contribution in [3.8, 4) is 0 Å². The van der Waals surface area contributed by atoms with Crippen molar-refractivity contribution in [3.05, 3.63) is 82.7 Å². The van der Waals surface area contributed by atoms with E-state index in [1.54, 1.807) is 6.92 Å². The van der Waals surface area contributed by atoms with Crippen LogP contribution in [0.5, 0.6) is 0 Å². The predicted octanol–water partition coefficient (Wildman–Crippen LogP) is 7.37. The molecule has 0 unspecified atom stereocenters. The molecule has 43 heavy (non-hydrogen) atoms. The van der Waals surface area contributed by atoms with Crippen LogP contribution in [0.15, 0.2) is 76.6 Å². The van der Waals surface area contributed by atoms with Gasteiger partial charge in [-0.15, -0.1) is 0 Å². The second-order valence-corrected chi connectivity index (χ2v) is 11.1. The van der Waals surface area contributed by atoms with Crippen LogP contribution in [0.2, 0.25) is 0 Å². The molecule has 0 aliphatic rings. The molecule has 0 radical (unpaired) electrons. The number of rotatable bonds is 15. The number of carbonyl (C=O) groups excluding carboxylic acids is 2. The van der Waals surface area contributed by atoms with Crippen molar-refractivity contribution in [1.82, 2.24) is 14.5 Å². The minimum Gasteiger partial charge on any atom is -0.400 e. The van der Waals surface area contributed by atoms with E-state index < -0.39 is 5.91 Å². The van der Waals surface area contributed by atoms with Crippen molar-refractivity contribution in [2.75, 3.05) is 18.4 Å². The summed E-state index contributed by atoms with van der Waals surface area (Å²) in [6.07, 6.45) is 9.52. The van der Waals surface area contributed by atoms with Crippen molar-refractivity contribution in [2.45, 2.75) is 79.6 Å². The van der Waals surface area contributed by atoms with E-state index in [-0.39, 0.29) is 17.3 Å². The van der Waals surface area contributed by atoms with E-state index in [9.17, 15) is 9.59 Å². The molecule has 1 aromatic heterocycles. The maximum absolute atomic E-state index is 13.4. The summed E-state index contributed by atoms with van der Waals surface area (Å²) < 4.78 is 1.82. The van der Waals surface area contributed by atoms with Gasteiger partial charge in [-0.1, -0.05) is 76.3 Å². The summed E-state index contributed by atoms with van der Waals surface area (Å²) in [5.74, 6) is 0.00845. The summed E-state index contributed by atoms with van der Waals surface area (Å²) in [6, 6.07) is 15.2. The number of aryl methyl sites for hydroxylation is 1. The van der Waals surface area contributed by atoms with Gasteiger partial charge in [0, 0.05) is 37.0 Å². The summed E-state index contributed by atoms with van der Waals surface area (Å²) in [5, 5.41) is 2.88. The fourth-order valence-corrected chi connectivity index (χ4v) is 4.83. The standard InChI is InChI=1S/C35H48N6O2/c1-7-10-11-12-15-23-41(22-8-2)34(43)28-20-18-27(19-21-28)30(24-25(4)9-3)37-32(26(5)36)33(42)39-35-38-29-16-13-14-17-31(29)40(35)6/h13-14,16-21,24H,7-12,15,22-23,36H2,1-6H3,(H,38,39,42)/b25-24+,32-26+,37-30+. The van der Waals surface area contributed by atoms with Crippen LogP contribution in [-0.2, 0) is 11.8 Å². The number of aliphatic imine (C=N–C) groups is 1. The lowest BCUT2D eigenvalue weighted by Crippen LogP contribution is -2.32. The third kappa shape index (κ3) is 9.14. The number of amides is 2. The Balaban J connectivity index is 1.88. The van der Waals surface area contributed by atoms with Crippen molar-refractivity contribution in [2.24, 2.45) is 17.8 Å². The molecular formula is C35H48N6O2. The molecule has 2 aromatic carbocycles. The van der Waals surface area contributed by atoms with Crippen LogP contribution in [0.1, 0.15) is 95.5 Å². The number of anilines is 1. The molecule has 3 N–H and O–H groups in total. The molecule has 0 spiro atoms. The first-order chi connectivity index (χ1) is 20.7. The number of nitrogens with two attached hydrogens (primary N) is 1. The van der Waals surface area contributed by atoms with Gasteiger partial charge in [0.05, 0.1) is 16.7 Å². The molecule has 2 amide bonds. The van der Waals surface area contributed by atoms with Gasteiger partial charge in [-0.3, -0.25) is 14.9 Å². The van der Waals surface area contributed by atoms with Crippen LogP contribution in [-0.4, -0.2) is 45.1 Å². The SMILES string of the molecule is CCCCCCCN(CCC)C(=O)c1ccc(C(/C=C(\C)CC)=N/C(C(=O)Nc2nc3ccccc3n2C)=C(\C)N)cc1. The van der Waals surface area contributed by atoms with E-state index in [1.165, 1.54) is 19.3 Å². The van der Waals surface area contributed by atoms with E-state index in [1.807, 2.05) is 78.0 Å². The number of nitrogens with one attached hydrogen (secondary N) is 1. The topological polar surface area (TPSA) is 106 Å². The van der Waals surface area contributed by atoms with E-state index in [2.05, 4.69) is 31.1 Å². The minimum absolute atomic E-state index is 0.0443. The largest absolute Gasteiger partial charge is 0.400 e. The monoisotopic (exact) mass is 584 g/mol. The smallest absolute Gasteiger partial charge is 0.278 e. The lowest BCUT2D eigenvalue weighted by Gasteiger charge is -2.22. The predicted molar refractivity (Wildman–Crippen MR) is 178 cm³/mol. The Morgan fingerprint density at radius 3 is 2.23 bits per heavy atom. The Kier molecular flexibility index (Phi) is 12.7. The molecule has 0 aliphatic heterocycles. The number of fused-ring (bicyclic) bond motifs is 1. The Morgan fingerprint density at radius 2 is 1.60 bits per heavy atom. The molecule has 230 valence electrons. The van der Waals surface area contributed by atoms with Crippen LogP contribution in [0.4, 0.5) is 5.95 Å². The molecule has 0 fully saturated rings. The van der Waals surface area contributed by atoms with Gasteiger partial charge in [0.1, 0.15) is 5.70 Å². The van der Waals surface area contributed by atoms with Crippen molar-refractivity contribution in [3.63, 3.8) is 0 Å². The van der Waals surface area contributed by atoms with Crippen LogP contribution in [0, 0.1) is 0 Å². The lowest BCUT2D eigenvalue weighted by atomic mass is 10.0. The fourth-order valence-electron chi connectivity index (χ4n) is 4.83. The molecule has 1 heterocycles. The van der Waals surface area contributed by atoms with E-state index >= 15 is 0 Å². The first-order valence-electron chi connectivity index (χ1n) is 15.5. The second kappa shape index (κ2) is 16.4. The van der Waals surface area contributed by atoms with Crippen molar-refractivity contribution >= 4 is 34.5 Å². The van der Waals surface area contributed by atoms with Gasteiger partial charge in [0.25, 0.3) is 11.8 Å². The normalized spacial score (nSPS) is 12.8. The Labute approximate surface area is 256 Å². The molecule has 0 saturated carbocycles. The molecule has 0 saturated heterocycles. The zero-order valence-electron chi connectivity index (χ0n) is 26.7. The van der Waals surface area contributed by atoms with Crippen LogP contribution >= 0.6 is 0 Å². The van der Waals surface area contributed by atoms with Gasteiger partial charge in [0.15, 0.2) is 0 Å². The van der Waals surface area contributed by atoms with E-state index in [0.717, 1.165) is 60.9 Å². The first kappa shape index (κ1) is 33.3. The van der Waals surface area contributed by atoms with Gasteiger partial charge < -0.3 is 15.2 Å². The Bertz CT molecular complexity index is 1480. The average Bonchev–Trinajstić information content (AvgIpc) is 3.32. The zero-order valence-corrected chi connectivity index (χ0v) is 26.7. The number of aromatic nitrogens is 2. The number of unbranched alkanes of at least 4 members (excludes halogenated alkanes) is 4. The van der Waals surface area contributed by atoms with E-state index in [4.69, 9.17) is 10.7 Å². The minimum atomic E-state index is -0.445. The summed E-state index contributed by atoms with van der Waals surface area (Å²) >= 11 is 0. The van der Waals surface area contributed by atoms with Gasteiger partial charge in [-0.25, -0.2) is 9.98 Å².